The Labute approximate surface area is 105 Å². The van der Waals surface area contributed by atoms with Gasteiger partial charge in [-0.2, -0.15) is 0 Å². The second kappa shape index (κ2) is 4.45. The van der Waals surface area contributed by atoms with Crippen molar-refractivity contribution in [1.29, 1.82) is 0 Å². The maximum Gasteiger partial charge on any atom is 0.159 e. The third kappa shape index (κ3) is 1.91. The van der Waals surface area contributed by atoms with E-state index in [4.69, 9.17) is 4.74 Å². The lowest BCUT2D eigenvalue weighted by molar-refractivity contribution is 0.415. The van der Waals surface area contributed by atoms with E-state index in [0.717, 1.165) is 28.0 Å². The van der Waals surface area contributed by atoms with Crippen LogP contribution in [0.4, 0.5) is 0 Å². The van der Waals surface area contributed by atoms with Gasteiger partial charge in [0.05, 0.1) is 12.8 Å². The molecule has 0 amide bonds. The molecule has 88 valence electrons. The maximum atomic E-state index is 5.14. The van der Waals surface area contributed by atoms with E-state index in [2.05, 4.69) is 9.97 Å². The summed E-state index contributed by atoms with van der Waals surface area (Å²) in [4.78, 5) is 8.81. The summed E-state index contributed by atoms with van der Waals surface area (Å²) < 4.78 is 5.14. The first-order valence-corrected chi connectivity index (χ1v) is 5.73. The highest BCUT2D eigenvalue weighted by Crippen LogP contribution is 2.22. The summed E-state index contributed by atoms with van der Waals surface area (Å²) in [7, 11) is 1.66. The largest absolute Gasteiger partial charge is 0.497 e. The molecular formula is C15H12N2O. The maximum absolute atomic E-state index is 5.14. The number of pyridine rings is 2. The number of ether oxygens (including phenoxy) is 1. The number of rotatable bonds is 2. The molecule has 0 aliphatic rings. The van der Waals surface area contributed by atoms with E-state index in [0.29, 0.717) is 0 Å². The third-order valence-corrected chi connectivity index (χ3v) is 2.85. The van der Waals surface area contributed by atoms with Crippen molar-refractivity contribution in [3.63, 3.8) is 0 Å². The molecule has 2 heterocycles. The molecule has 0 unspecified atom stereocenters. The molecule has 3 aromatic rings. The van der Waals surface area contributed by atoms with Crippen LogP contribution in [0, 0.1) is 0 Å². The van der Waals surface area contributed by atoms with Gasteiger partial charge in [-0.3, -0.25) is 0 Å². The van der Waals surface area contributed by atoms with Crippen molar-refractivity contribution in [3.8, 4) is 17.0 Å². The molecular weight excluding hydrogens is 224 g/mol. The molecule has 1 aromatic carbocycles. The van der Waals surface area contributed by atoms with Crippen LogP contribution in [0.2, 0.25) is 0 Å². The summed E-state index contributed by atoms with van der Waals surface area (Å²) in [6.45, 7) is 0. The summed E-state index contributed by atoms with van der Waals surface area (Å²) in [5, 5.41) is 1.05. The van der Waals surface area contributed by atoms with Crippen molar-refractivity contribution in [3.05, 3.63) is 54.7 Å². The molecule has 0 N–H and O–H groups in total. The fourth-order valence-electron chi connectivity index (χ4n) is 1.88. The minimum Gasteiger partial charge on any atom is -0.497 e. The van der Waals surface area contributed by atoms with Gasteiger partial charge in [-0.15, -0.1) is 0 Å². The second-order valence-corrected chi connectivity index (χ2v) is 3.98. The van der Waals surface area contributed by atoms with Gasteiger partial charge in [0.15, 0.2) is 5.65 Å². The summed E-state index contributed by atoms with van der Waals surface area (Å²) in [5.74, 6) is 0.845. The number of methoxy groups -OCH3 is 1. The van der Waals surface area contributed by atoms with Gasteiger partial charge in [0.2, 0.25) is 0 Å². The molecule has 0 radical (unpaired) electrons. The zero-order valence-corrected chi connectivity index (χ0v) is 10.00. The molecule has 0 fully saturated rings. The average Bonchev–Trinajstić information content (AvgIpc) is 2.47. The monoisotopic (exact) mass is 236 g/mol. The van der Waals surface area contributed by atoms with E-state index in [9.17, 15) is 0 Å². The second-order valence-electron chi connectivity index (χ2n) is 3.98. The van der Waals surface area contributed by atoms with Crippen LogP contribution in [0.1, 0.15) is 0 Å². The molecule has 18 heavy (non-hydrogen) atoms. The number of aromatic nitrogens is 2. The van der Waals surface area contributed by atoms with Crippen molar-refractivity contribution < 1.29 is 4.74 Å². The van der Waals surface area contributed by atoms with Crippen LogP contribution in [-0.4, -0.2) is 17.1 Å². The van der Waals surface area contributed by atoms with Crippen molar-refractivity contribution >= 4 is 11.0 Å². The minimum absolute atomic E-state index is 0.769. The predicted molar refractivity (Wildman–Crippen MR) is 71.5 cm³/mol. The molecule has 0 spiro atoms. The highest BCUT2D eigenvalue weighted by Gasteiger charge is 2.02. The fourth-order valence-corrected chi connectivity index (χ4v) is 1.88. The van der Waals surface area contributed by atoms with Crippen LogP contribution in [0.3, 0.4) is 0 Å². The Bertz CT molecular complexity index is 677. The van der Waals surface area contributed by atoms with Crippen LogP contribution in [0.25, 0.3) is 22.3 Å². The summed E-state index contributed by atoms with van der Waals surface area (Å²) in [6, 6.07) is 15.8. The standard InChI is InChI=1S/C15H12N2O/c1-18-13-7-4-11(5-8-13)14-9-6-12-3-2-10-16-15(12)17-14/h2-10H,1H3. The van der Waals surface area contributed by atoms with Gasteiger partial charge in [0.1, 0.15) is 5.75 Å². The molecule has 3 nitrogen and oxygen atoms in total. The van der Waals surface area contributed by atoms with Gasteiger partial charge in [-0.25, -0.2) is 9.97 Å². The number of hydrogen-bond donors (Lipinski definition) is 0. The van der Waals surface area contributed by atoms with Crippen molar-refractivity contribution in [2.24, 2.45) is 0 Å². The Morgan fingerprint density at radius 1 is 0.944 bits per heavy atom. The number of hydrogen-bond acceptors (Lipinski definition) is 3. The predicted octanol–water partition coefficient (Wildman–Crippen LogP) is 3.31. The lowest BCUT2D eigenvalue weighted by Crippen LogP contribution is -1.88. The van der Waals surface area contributed by atoms with Gasteiger partial charge in [-0.05, 0) is 48.5 Å². The van der Waals surface area contributed by atoms with Gasteiger partial charge in [-0.1, -0.05) is 0 Å². The SMILES string of the molecule is COc1ccc(-c2ccc3cccnc3n2)cc1. The molecule has 0 saturated heterocycles. The summed E-state index contributed by atoms with van der Waals surface area (Å²) >= 11 is 0. The van der Waals surface area contributed by atoms with Gasteiger partial charge in [0, 0.05) is 17.1 Å². The molecule has 0 aliphatic heterocycles. The quantitative estimate of drug-likeness (QED) is 0.684. The Morgan fingerprint density at radius 3 is 2.56 bits per heavy atom. The number of nitrogens with zero attached hydrogens (tertiary/aromatic N) is 2. The normalized spacial score (nSPS) is 10.5. The Kier molecular flexibility index (Phi) is 2.65. The smallest absolute Gasteiger partial charge is 0.159 e. The fraction of sp³-hybridized carbons (Fsp3) is 0.0667. The van der Waals surface area contributed by atoms with Crippen LogP contribution >= 0.6 is 0 Å². The molecule has 3 heteroatoms. The van der Waals surface area contributed by atoms with E-state index in [-0.39, 0.29) is 0 Å². The van der Waals surface area contributed by atoms with Crippen molar-refractivity contribution in [2.45, 2.75) is 0 Å². The number of fused-ring (bicyclic) bond motifs is 1. The van der Waals surface area contributed by atoms with E-state index in [1.165, 1.54) is 0 Å². The highest BCUT2D eigenvalue weighted by atomic mass is 16.5. The van der Waals surface area contributed by atoms with E-state index in [1.807, 2.05) is 48.5 Å². The van der Waals surface area contributed by atoms with Crippen LogP contribution < -0.4 is 4.74 Å². The van der Waals surface area contributed by atoms with Crippen molar-refractivity contribution in [1.82, 2.24) is 9.97 Å². The van der Waals surface area contributed by atoms with Gasteiger partial charge >= 0.3 is 0 Å². The molecule has 2 aromatic heterocycles. The lowest BCUT2D eigenvalue weighted by Gasteiger charge is -2.04. The molecule has 0 atom stereocenters. The van der Waals surface area contributed by atoms with Crippen LogP contribution in [-0.2, 0) is 0 Å². The van der Waals surface area contributed by atoms with E-state index >= 15 is 0 Å². The topological polar surface area (TPSA) is 35.0 Å². The Balaban J connectivity index is 2.07. The Hall–Kier alpha value is -2.42. The van der Waals surface area contributed by atoms with Crippen LogP contribution in [0.15, 0.2) is 54.7 Å². The summed E-state index contributed by atoms with van der Waals surface area (Å²) in [5.41, 5.74) is 2.75. The van der Waals surface area contributed by atoms with Gasteiger partial charge in [0.25, 0.3) is 0 Å². The van der Waals surface area contributed by atoms with E-state index in [1.54, 1.807) is 13.3 Å². The van der Waals surface area contributed by atoms with Gasteiger partial charge < -0.3 is 4.74 Å². The lowest BCUT2D eigenvalue weighted by atomic mass is 10.1. The molecule has 3 rings (SSSR count). The first-order chi connectivity index (χ1) is 8.86. The number of benzene rings is 1. The minimum atomic E-state index is 0.769. The first kappa shape index (κ1) is 10.7. The third-order valence-electron chi connectivity index (χ3n) is 2.85. The molecule has 0 bridgehead atoms. The highest BCUT2D eigenvalue weighted by molar-refractivity contribution is 5.78. The van der Waals surface area contributed by atoms with Crippen LogP contribution in [0.5, 0.6) is 5.75 Å². The Morgan fingerprint density at radius 2 is 1.78 bits per heavy atom. The van der Waals surface area contributed by atoms with Crippen molar-refractivity contribution in [2.75, 3.05) is 7.11 Å². The van der Waals surface area contributed by atoms with E-state index < -0.39 is 0 Å². The molecule has 0 aliphatic carbocycles. The zero-order valence-electron chi connectivity index (χ0n) is 10.00. The summed E-state index contributed by atoms with van der Waals surface area (Å²) in [6.07, 6.45) is 1.76. The first-order valence-electron chi connectivity index (χ1n) is 5.73. The average molecular weight is 236 g/mol. The molecule has 0 saturated carbocycles. The zero-order chi connectivity index (χ0) is 12.4.